The number of benzene rings is 4. The van der Waals surface area contributed by atoms with Gasteiger partial charge in [0.1, 0.15) is 0 Å². The Hall–Kier alpha value is -6.40. The standard InChI is InChI=1S/2C18H17N5O5S2.Zn/c2*1-13-11-12-19-17(20-13)22-29(25,26)16-9-7-14(8-10-16)21-18(24)23-30(27,28)15-5-3-2-4-6-15;/h2*2-12H,1H3,(H3,19,20,21,22,23,24);/q;;+2/p-2. The molecule has 0 aliphatic carbocycles. The molecule has 2 heterocycles. The van der Waals surface area contributed by atoms with Gasteiger partial charge in [-0.1, -0.05) is 48.5 Å². The second-order valence-corrected chi connectivity index (χ2v) is 18.5. The largest absolute Gasteiger partial charge is 2.00 e. The number of anilines is 2. The zero-order valence-corrected chi connectivity index (χ0v) is 38.0. The van der Waals surface area contributed by atoms with E-state index in [1.165, 1.54) is 109 Å². The molecule has 6 aromatic rings. The van der Waals surface area contributed by atoms with Gasteiger partial charge in [-0.25, -0.2) is 52.7 Å². The molecule has 0 spiro atoms. The smallest absolute Gasteiger partial charge is 0.366 e. The molecule has 2 aromatic heterocycles. The van der Waals surface area contributed by atoms with Gasteiger partial charge in [0.25, 0.3) is 20.0 Å². The van der Waals surface area contributed by atoms with Gasteiger partial charge in [-0.3, -0.25) is 9.44 Å². The van der Waals surface area contributed by atoms with E-state index >= 15 is 0 Å². The van der Waals surface area contributed by atoms with Gasteiger partial charge in [-0.15, -0.1) is 0 Å². The van der Waals surface area contributed by atoms with Crippen LogP contribution in [-0.2, 0) is 59.6 Å². The van der Waals surface area contributed by atoms with Gasteiger partial charge in [0, 0.05) is 23.3 Å². The van der Waals surface area contributed by atoms with Crippen LogP contribution in [0.2, 0.25) is 0 Å². The Morgan fingerprint density at radius 3 is 1.10 bits per heavy atom. The van der Waals surface area contributed by atoms with E-state index < -0.39 is 52.2 Å². The fourth-order valence-corrected chi connectivity index (χ4v) is 8.21. The quantitative estimate of drug-likeness (QED) is 0.112. The molecule has 4 amide bonds. The van der Waals surface area contributed by atoms with Crippen molar-refractivity contribution in [3.63, 3.8) is 0 Å². The summed E-state index contributed by atoms with van der Waals surface area (Å²) in [5, 5.41) is 4.65. The van der Waals surface area contributed by atoms with Crippen molar-refractivity contribution >= 4 is 75.4 Å². The first kappa shape index (κ1) is 47.3. The average molecular weight is 958 g/mol. The summed E-state index contributed by atoms with van der Waals surface area (Å²) < 4.78 is 109. The number of nitrogens with zero attached hydrogens (tertiary/aromatic N) is 6. The van der Waals surface area contributed by atoms with Gasteiger partial charge < -0.3 is 30.6 Å². The predicted octanol–water partition coefficient (Wildman–Crippen LogP) is 5.38. The molecule has 0 atom stereocenters. The third kappa shape index (κ3) is 13.8. The zero-order chi connectivity index (χ0) is 43.6. The van der Waals surface area contributed by atoms with E-state index in [1.807, 2.05) is 9.44 Å². The maximum atomic E-state index is 12.4. The van der Waals surface area contributed by atoms with Crippen LogP contribution in [0.5, 0.6) is 0 Å². The second kappa shape index (κ2) is 20.2. The second-order valence-electron chi connectivity index (χ2n) is 11.9. The number of aryl methyl sites for hydroxylation is 2. The summed E-state index contributed by atoms with van der Waals surface area (Å²) in [4.78, 5) is 39.0. The normalized spacial score (nSPS) is 11.3. The van der Waals surface area contributed by atoms with Gasteiger partial charge in [0.05, 0.1) is 19.6 Å². The van der Waals surface area contributed by atoms with Gasteiger partial charge in [0.2, 0.25) is 20.0 Å². The van der Waals surface area contributed by atoms with Gasteiger partial charge in [-0.2, -0.15) is 0 Å². The van der Waals surface area contributed by atoms with Crippen LogP contribution in [-0.4, -0.2) is 65.7 Å². The Balaban J connectivity index is 0.000000264. The van der Waals surface area contributed by atoms with E-state index in [-0.39, 0.29) is 62.3 Å². The van der Waals surface area contributed by atoms with E-state index in [9.17, 15) is 43.3 Å². The summed E-state index contributed by atoms with van der Waals surface area (Å²) in [5.41, 5.74) is 1.49. The van der Waals surface area contributed by atoms with Crippen LogP contribution in [0, 0.1) is 13.8 Å². The average Bonchev–Trinajstić information content (AvgIpc) is 3.18. The summed E-state index contributed by atoms with van der Waals surface area (Å²) in [6.07, 6.45) is 2.79. The number of nitrogens with one attached hydrogen (secondary N) is 4. The topological polar surface area (TPSA) is 299 Å². The molecule has 6 rings (SSSR count). The van der Waals surface area contributed by atoms with Crippen LogP contribution < -0.4 is 20.1 Å². The summed E-state index contributed by atoms with van der Waals surface area (Å²) in [6, 6.07) is 26.1. The molecule has 20 nitrogen and oxygen atoms in total. The SMILES string of the molecule is Cc1ccnc([N-]S(=O)(=O)c2ccc(NC(=O)NS(=O)(=O)c3ccccc3)cc2)n1.Cc1ccnc([N-]S(=O)(=O)c2ccc(NC(=O)NS(=O)(=O)c3ccccc3)cc2)n1.[Zn+2]. The summed E-state index contributed by atoms with van der Waals surface area (Å²) in [7, 11) is -16.2. The molecule has 0 radical (unpaired) electrons. The maximum Gasteiger partial charge on any atom is 2.00 e. The number of carbonyl (C=O) groups is 2. The molecule has 25 heteroatoms. The van der Waals surface area contributed by atoms with Crippen LogP contribution in [0.4, 0.5) is 32.9 Å². The minimum absolute atomic E-state index is 0. The van der Waals surface area contributed by atoms with Crippen molar-refractivity contribution in [3.8, 4) is 0 Å². The van der Waals surface area contributed by atoms with E-state index in [1.54, 1.807) is 38.1 Å². The number of sulfonamides is 4. The summed E-state index contributed by atoms with van der Waals surface area (Å²) >= 11 is 0. The number of carbonyl (C=O) groups excluding carboxylic acids is 2. The van der Waals surface area contributed by atoms with Gasteiger partial charge >= 0.3 is 31.5 Å². The van der Waals surface area contributed by atoms with E-state index in [0.29, 0.717) is 11.4 Å². The Bertz CT molecular complexity index is 2730. The first-order valence-corrected chi connectivity index (χ1v) is 22.7. The predicted molar refractivity (Wildman–Crippen MR) is 218 cm³/mol. The van der Waals surface area contributed by atoms with Crippen LogP contribution in [0.25, 0.3) is 9.44 Å². The number of amides is 4. The summed E-state index contributed by atoms with van der Waals surface area (Å²) in [6.45, 7) is 3.35. The van der Waals surface area contributed by atoms with Crippen LogP contribution in [0.3, 0.4) is 0 Å². The molecular weight excluding hydrogens is 926 g/mol. The Morgan fingerprint density at radius 1 is 0.459 bits per heavy atom. The number of rotatable bonds is 12. The van der Waals surface area contributed by atoms with Crippen molar-refractivity contribution in [1.29, 1.82) is 0 Å². The molecule has 4 N–H and O–H groups in total. The van der Waals surface area contributed by atoms with Crippen LogP contribution in [0.15, 0.2) is 153 Å². The first-order valence-electron chi connectivity index (χ1n) is 16.8. The molecule has 0 unspecified atom stereocenters. The maximum absolute atomic E-state index is 12.4. The zero-order valence-electron chi connectivity index (χ0n) is 31.8. The molecule has 312 valence electrons. The number of hydrogen-bond donors (Lipinski definition) is 4. The van der Waals surface area contributed by atoms with Gasteiger partial charge in [-0.05, 0) is 110 Å². The van der Waals surface area contributed by atoms with E-state index in [2.05, 4.69) is 40.0 Å². The van der Waals surface area contributed by atoms with E-state index in [4.69, 9.17) is 0 Å². The van der Waals surface area contributed by atoms with Crippen molar-refractivity contribution in [2.45, 2.75) is 33.4 Å². The van der Waals surface area contributed by atoms with E-state index in [0.717, 1.165) is 0 Å². The fraction of sp³-hybridized carbons (Fsp3) is 0.0556. The minimum atomic E-state index is -4.06. The van der Waals surface area contributed by atoms with Crippen LogP contribution >= 0.6 is 0 Å². The van der Waals surface area contributed by atoms with Crippen molar-refractivity contribution in [3.05, 3.63) is 155 Å². The number of hydrogen-bond acceptors (Lipinski definition) is 14. The Labute approximate surface area is 364 Å². The molecule has 61 heavy (non-hydrogen) atoms. The monoisotopic (exact) mass is 956 g/mol. The fourth-order valence-electron chi connectivity index (χ4n) is 4.57. The number of urea groups is 2. The summed E-state index contributed by atoms with van der Waals surface area (Å²) in [5.74, 6) is -0.384. The number of aromatic nitrogens is 4. The van der Waals surface area contributed by atoms with Crippen molar-refractivity contribution < 1.29 is 62.7 Å². The molecule has 0 aliphatic heterocycles. The Kier molecular flexibility index (Phi) is 15.7. The van der Waals surface area contributed by atoms with Crippen molar-refractivity contribution in [1.82, 2.24) is 29.4 Å². The molecule has 0 saturated carbocycles. The first-order chi connectivity index (χ1) is 28.3. The van der Waals surface area contributed by atoms with Crippen molar-refractivity contribution in [2.24, 2.45) is 0 Å². The van der Waals surface area contributed by atoms with Crippen LogP contribution in [0.1, 0.15) is 11.4 Å². The molecule has 0 bridgehead atoms. The molecule has 0 fully saturated rings. The van der Waals surface area contributed by atoms with Gasteiger partial charge in [0.15, 0.2) is 0 Å². The molecular formula is C36H32N10O10S4Zn. The van der Waals surface area contributed by atoms with Crippen molar-refractivity contribution in [2.75, 3.05) is 10.6 Å². The third-order valence-electron chi connectivity index (χ3n) is 7.35. The minimum Gasteiger partial charge on any atom is -0.366 e. The Morgan fingerprint density at radius 2 is 0.787 bits per heavy atom. The molecule has 0 aliphatic rings. The third-order valence-corrected chi connectivity index (χ3v) is 12.6. The molecule has 0 saturated heterocycles. The molecule has 4 aromatic carbocycles.